The molecule has 2 rings (SSSR count). The molecule has 4 nitrogen and oxygen atoms in total. The number of hydrogen-bond acceptors (Lipinski definition) is 3. The van der Waals surface area contributed by atoms with Gasteiger partial charge in [0.1, 0.15) is 0 Å². The molecule has 0 saturated heterocycles. The van der Waals surface area contributed by atoms with E-state index in [0.717, 1.165) is 4.47 Å². The molecule has 1 aromatic carbocycles. The molecule has 0 aliphatic rings. The summed E-state index contributed by atoms with van der Waals surface area (Å²) in [6, 6.07) is 7.24. The highest BCUT2D eigenvalue weighted by Crippen LogP contribution is 2.20. The van der Waals surface area contributed by atoms with Gasteiger partial charge in [0.25, 0.3) is 5.56 Å². The summed E-state index contributed by atoms with van der Waals surface area (Å²) in [6.45, 7) is 2.25. The molecule has 94 valence electrons. The number of aromatic nitrogens is 2. The van der Waals surface area contributed by atoms with Crippen molar-refractivity contribution in [2.75, 3.05) is 6.61 Å². The van der Waals surface area contributed by atoms with Gasteiger partial charge in [0.15, 0.2) is 10.8 Å². The highest BCUT2D eigenvalue weighted by molar-refractivity contribution is 9.10. The number of hydrogen-bond donors (Lipinski definition) is 0. The Morgan fingerprint density at radius 2 is 2.28 bits per heavy atom. The summed E-state index contributed by atoms with van der Waals surface area (Å²) >= 11 is 9.30. The van der Waals surface area contributed by atoms with Crippen LogP contribution < -0.4 is 10.3 Å². The lowest BCUT2D eigenvalue weighted by molar-refractivity contribution is 0.337. The van der Waals surface area contributed by atoms with Gasteiger partial charge in [0, 0.05) is 4.47 Å². The molecule has 0 aliphatic heterocycles. The Labute approximate surface area is 117 Å². The molecule has 0 atom stereocenters. The molecule has 0 unspecified atom stereocenters. The van der Waals surface area contributed by atoms with Crippen LogP contribution in [-0.2, 0) is 0 Å². The number of nitrogens with zero attached hydrogens (tertiary/aromatic N) is 2. The predicted molar refractivity (Wildman–Crippen MR) is 73.7 cm³/mol. The van der Waals surface area contributed by atoms with Crippen LogP contribution in [0.3, 0.4) is 0 Å². The molecule has 18 heavy (non-hydrogen) atoms. The third kappa shape index (κ3) is 2.57. The Hall–Kier alpha value is -1.33. The molecule has 0 radical (unpaired) electrons. The summed E-state index contributed by atoms with van der Waals surface area (Å²) in [5.41, 5.74) is 0.236. The van der Waals surface area contributed by atoms with Crippen molar-refractivity contribution in [2.45, 2.75) is 6.92 Å². The van der Waals surface area contributed by atoms with E-state index in [1.54, 1.807) is 12.1 Å². The summed E-state index contributed by atoms with van der Waals surface area (Å²) in [5, 5.41) is 4.08. The van der Waals surface area contributed by atoms with Gasteiger partial charge in [0.05, 0.1) is 18.5 Å². The maximum absolute atomic E-state index is 12.0. The van der Waals surface area contributed by atoms with E-state index in [4.69, 9.17) is 16.3 Å². The first-order valence-corrected chi connectivity index (χ1v) is 6.47. The van der Waals surface area contributed by atoms with Crippen molar-refractivity contribution in [3.63, 3.8) is 0 Å². The Bertz CT molecular complexity index is 628. The van der Waals surface area contributed by atoms with E-state index in [1.165, 1.54) is 10.9 Å². The fraction of sp³-hybridized carbons (Fsp3) is 0.167. The topological polar surface area (TPSA) is 44.1 Å². The first-order valence-electron chi connectivity index (χ1n) is 5.30. The van der Waals surface area contributed by atoms with Crippen molar-refractivity contribution in [1.82, 2.24) is 9.78 Å². The maximum atomic E-state index is 12.0. The minimum Gasteiger partial charge on any atom is -0.490 e. The van der Waals surface area contributed by atoms with Gasteiger partial charge in [-0.25, -0.2) is 0 Å². The summed E-state index contributed by atoms with van der Waals surface area (Å²) in [4.78, 5) is 12.0. The molecule has 0 N–H and O–H groups in total. The van der Waals surface area contributed by atoms with Crippen molar-refractivity contribution in [2.24, 2.45) is 0 Å². The molecular formula is C12H10BrClN2O2. The Morgan fingerprint density at radius 1 is 1.50 bits per heavy atom. The minimum atomic E-state index is -0.402. The zero-order valence-electron chi connectivity index (χ0n) is 9.56. The maximum Gasteiger partial charge on any atom is 0.294 e. The third-order valence-electron chi connectivity index (χ3n) is 2.24. The SMILES string of the molecule is CCOc1cnn(-c2cccc(Br)c2)c(=O)c1Cl. The monoisotopic (exact) mass is 328 g/mol. The predicted octanol–water partition coefficient (Wildman–Crippen LogP) is 3.05. The summed E-state index contributed by atoms with van der Waals surface area (Å²) in [7, 11) is 0. The van der Waals surface area contributed by atoms with E-state index in [0.29, 0.717) is 18.0 Å². The second-order valence-electron chi connectivity index (χ2n) is 3.45. The van der Waals surface area contributed by atoms with Gasteiger partial charge in [0.2, 0.25) is 0 Å². The Kier molecular flexibility index (Phi) is 4.04. The fourth-order valence-corrected chi connectivity index (χ4v) is 2.04. The van der Waals surface area contributed by atoms with Crippen molar-refractivity contribution >= 4 is 27.5 Å². The molecule has 0 amide bonds. The van der Waals surface area contributed by atoms with E-state index < -0.39 is 5.56 Å². The molecular weight excluding hydrogens is 320 g/mol. The first kappa shape index (κ1) is 13.1. The molecule has 0 spiro atoms. The first-order chi connectivity index (χ1) is 8.63. The van der Waals surface area contributed by atoms with Crippen molar-refractivity contribution in [3.05, 3.63) is 50.3 Å². The van der Waals surface area contributed by atoms with Gasteiger partial charge in [-0.15, -0.1) is 0 Å². The lowest BCUT2D eigenvalue weighted by atomic mass is 10.3. The second kappa shape index (κ2) is 5.54. The molecule has 0 saturated carbocycles. The molecule has 2 aromatic rings. The van der Waals surface area contributed by atoms with Gasteiger partial charge in [-0.2, -0.15) is 9.78 Å². The largest absolute Gasteiger partial charge is 0.490 e. The lowest BCUT2D eigenvalue weighted by Crippen LogP contribution is -2.22. The van der Waals surface area contributed by atoms with E-state index in [9.17, 15) is 4.79 Å². The van der Waals surface area contributed by atoms with Crippen molar-refractivity contribution in [1.29, 1.82) is 0 Å². The van der Waals surface area contributed by atoms with Crippen LogP contribution in [0.5, 0.6) is 5.75 Å². The highest BCUT2D eigenvalue weighted by atomic mass is 79.9. The number of ether oxygens (including phenoxy) is 1. The molecule has 1 heterocycles. The average molecular weight is 330 g/mol. The van der Waals surface area contributed by atoms with Gasteiger partial charge >= 0.3 is 0 Å². The Balaban J connectivity index is 2.54. The quantitative estimate of drug-likeness (QED) is 0.869. The van der Waals surface area contributed by atoms with Crippen LogP contribution in [0.1, 0.15) is 6.92 Å². The van der Waals surface area contributed by atoms with Crippen molar-refractivity contribution in [3.8, 4) is 11.4 Å². The molecule has 1 aromatic heterocycles. The van der Waals surface area contributed by atoms with Gasteiger partial charge in [-0.05, 0) is 25.1 Å². The Morgan fingerprint density at radius 3 is 2.94 bits per heavy atom. The smallest absolute Gasteiger partial charge is 0.294 e. The third-order valence-corrected chi connectivity index (χ3v) is 3.08. The van der Waals surface area contributed by atoms with Crippen LogP contribution in [0.15, 0.2) is 39.7 Å². The van der Waals surface area contributed by atoms with Crippen molar-refractivity contribution < 1.29 is 4.74 Å². The van der Waals surface area contributed by atoms with Crippen LogP contribution in [0.25, 0.3) is 5.69 Å². The van der Waals surface area contributed by atoms with Crippen LogP contribution in [0, 0.1) is 0 Å². The van der Waals surface area contributed by atoms with Crippen LogP contribution in [0.2, 0.25) is 5.02 Å². The van der Waals surface area contributed by atoms with Gasteiger partial charge in [-0.1, -0.05) is 33.6 Å². The van der Waals surface area contributed by atoms with Crippen LogP contribution in [0.4, 0.5) is 0 Å². The summed E-state index contributed by atoms with van der Waals surface area (Å²) in [5.74, 6) is 0.301. The zero-order valence-corrected chi connectivity index (χ0v) is 11.9. The zero-order chi connectivity index (χ0) is 13.1. The molecule has 0 bridgehead atoms. The van der Waals surface area contributed by atoms with Gasteiger partial charge in [-0.3, -0.25) is 4.79 Å². The van der Waals surface area contributed by atoms with Crippen LogP contribution in [-0.4, -0.2) is 16.4 Å². The normalized spacial score (nSPS) is 10.4. The van der Waals surface area contributed by atoms with E-state index >= 15 is 0 Å². The number of benzene rings is 1. The van der Waals surface area contributed by atoms with Gasteiger partial charge < -0.3 is 4.74 Å². The van der Waals surface area contributed by atoms with Crippen LogP contribution >= 0.6 is 27.5 Å². The molecule has 0 aliphatic carbocycles. The molecule has 0 fully saturated rings. The number of rotatable bonds is 3. The van der Waals surface area contributed by atoms with E-state index in [-0.39, 0.29) is 5.02 Å². The summed E-state index contributed by atoms with van der Waals surface area (Å²) < 4.78 is 7.31. The fourth-order valence-electron chi connectivity index (χ4n) is 1.47. The number of halogens is 2. The second-order valence-corrected chi connectivity index (χ2v) is 4.75. The van der Waals surface area contributed by atoms with E-state index in [1.807, 2.05) is 19.1 Å². The minimum absolute atomic E-state index is 0.0341. The lowest BCUT2D eigenvalue weighted by Gasteiger charge is -2.08. The molecule has 6 heteroatoms. The average Bonchev–Trinajstić information content (AvgIpc) is 2.35. The van der Waals surface area contributed by atoms with E-state index in [2.05, 4.69) is 21.0 Å². The standard InChI is InChI=1S/C12H10BrClN2O2/c1-2-18-10-7-15-16(12(17)11(10)14)9-5-3-4-8(13)6-9/h3-7H,2H2,1H3. The highest BCUT2D eigenvalue weighted by Gasteiger charge is 2.11. The summed E-state index contributed by atoms with van der Waals surface area (Å²) in [6.07, 6.45) is 1.44.